The number of nitrogens with one attached hydrogen (secondary N) is 1. The van der Waals surface area contributed by atoms with Crippen molar-refractivity contribution in [3.63, 3.8) is 0 Å². The standard InChI is InChI=1S/C17H19N3O2S/c1-12(21)18-9-13-4-5-15(19-10-13)16-3-2-7-20(16)17(22)14-6-8-23-11-14/h4-6,8,10-11,16H,2-3,7,9H2,1H3,(H,18,21)/t16-/m1/s1. The molecule has 2 amide bonds. The van der Waals surface area contributed by atoms with E-state index in [0.717, 1.165) is 36.2 Å². The molecule has 5 nitrogen and oxygen atoms in total. The first-order valence-electron chi connectivity index (χ1n) is 7.67. The molecule has 0 aliphatic carbocycles. The Bertz CT molecular complexity index is 682. The first-order valence-corrected chi connectivity index (χ1v) is 8.62. The molecule has 1 saturated heterocycles. The SMILES string of the molecule is CC(=O)NCc1ccc([C@H]2CCCN2C(=O)c2ccsc2)nc1. The average Bonchev–Trinajstić information content (AvgIpc) is 3.24. The van der Waals surface area contributed by atoms with E-state index in [-0.39, 0.29) is 17.9 Å². The summed E-state index contributed by atoms with van der Waals surface area (Å²) in [6.45, 7) is 2.74. The maximum Gasteiger partial charge on any atom is 0.255 e. The fourth-order valence-electron chi connectivity index (χ4n) is 2.83. The average molecular weight is 329 g/mol. The van der Waals surface area contributed by atoms with Crippen molar-refractivity contribution in [2.45, 2.75) is 32.4 Å². The molecule has 6 heteroatoms. The zero-order valence-electron chi connectivity index (χ0n) is 13.0. The third-order valence-electron chi connectivity index (χ3n) is 4.01. The number of nitrogens with zero attached hydrogens (tertiary/aromatic N) is 2. The Balaban J connectivity index is 1.72. The number of hydrogen-bond donors (Lipinski definition) is 1. The van der Waals surface area contributed by atoms with E-state index < -0.39 is 0 Å². The third kappa shape index (κ3) is 3.59. The van der Waals surface area contributed by atoms with Crippen LogP contribution in [0.5, 0.6) is 0 Å². The van der Waals surface area contributed by atoms with E-state index in [0.29, 0.717) is 6.54 Å². The number of hydrogen-bond acceptors (Lipinski definition) is 4. The summed E-state index contributed by atoms with van der Waals surface area (Å²) in [4.78, 5) is 30.0. The topological polar surface area (TPSA) is 62.3 Å². The molecular formula is C17H19N3O2S. The van der Waals surface area contributed by atoms with Gasteiger partial charge in [-0.15, -0.1) is 0 Å². The van der Waals surface area contributed by atoms with E-state index in [4.69, 9.17) is 0 Å². The van der Waals surface area contributed by atoms with Gasteiger partial charge in [0.2, 0.25) is 5.91 Å². The molecule has 1 fully saturated rings. The van der Waals surface area contributed by atoms with Crippen LogP contribution in [0.15, 0.2) is 35.2 Å². The Morgan fingerprint density at radius 1 is 1.39 bits per heavy atom. The van der Waals surface area contributed by atoms with E-state index in [1.165, 1.54) is 18.3 Å². The lowest BCUT2D eigenvalue weighted by Gasteiger charge is -2.24. The van der Waals surface area contributed by atoms with Crippen molar-refractivity contribution in [1.82, 2.24) is 15.2 Å². The highest BCUT2D eigenvalue weighted by Crippen LogP contribution is 2.32. The third-order valence-corrected chi connectivity index (χ3v) is 4.70. The molecule has 0 aromatic carbocycles. The predicted molar refractivity (Wildman–Crippen MR) is 89.1 cm³/mol. The summed E-state index contributed by atoms with van der Waals surface area (Å²) in [5.41, 5.74) is 2.62. The molecule has 1 atom stereocenters. The highest BCUT2D eigenvalue weighted by Gasteiger charge is 2.31. The van der Waals surface area contributed by atoms with Gasteiger partial charge in [0.15, 0.2) is 0 Å². The van der Waals surface area contributed by atoms with E-state index in [2.05, 4.69) is 10.3 Å². The minimum Gasteiger partial charge on any atom is -0.352 e. The zero-order valence-corrected chi connectivity index (χ0v) is 13.8. The van der Waals surface area contributed by atoms with Crippen LogP contribution in [0.1, 0.15) is 47.4 Å². The van der Waals surface area contributed by atoms with Crippen LogP contribution in [0.25, 0.3) is 0 Å². The quantitative estimate of drug-likeness (QED) is 0.938. The van der Waals surface area contributed by atoms with E-state index >= 15 is 0 Å². The molecule has 3 rings (SSSR count). The number of carbonyl (C=O) groups excluding carboxylic acids is 2. The molecule has 2 aromatic rings. The molecule has 0 unspecified atom stereocenters. The fourth-order valence-corrected chi connectivity index (χ4v) is 3.46. The van der Waals surface area contributed by atoms with Gasteiger partial charge < -0.3 is 10.2 Å². The molecular weight excluding hydrogens is 310 g/mol. The Morgan fingerprint density at radius 3 is 2.91 bits per heavy atom. The van der Waals surface area contributed by atoms with Gasteiger partial charge in [-0.25, -0.2) is 0 Å². The van der Waals surface area contributed by atoms with Crippen LogP contribution in [0.3, 0.4) is 0 Å². The van der Waals surface area contributed by atoms with Crippen molar-refractivity contribution in [3.05, 3.63) is 52.0 Å². The molecule has 0 radical (unpaired) electrons. The summed E-state index contributed by atoms with van der Waals surface area (Å²) >= 11 is 1.54. The van der Waals surface area contributed by atoms with Gasteiger partial charge in [0.05, 0.1) is 17.3 Å². The summed E-state index contributed by atoms with van der Waals surface area (Å²) in [5, 5.41) is 6.57. The van der Waals surface area contributed by atoms with Crippen molar-refractivity contribution in [1.29, 1.82) is 0 Å². The largest absolute Gasteiger partial charge is 0.352 e. The van der Waals surface area contributed by atoms with Crippen molar-refractivity contribution in [2.24, 2.45) is 0 Å². The molecule has 1 aliphatic rings. The van der Waals surface area contributed by atoms with Gasteiger partial charge in [-0.3, -0.25) is 14.6 Å². The van der Waals surface area contributed by atoms with Gasteiger partial charge in [0.1, 0.15) is 0 Å². The first kappa shape index (κ1) is 15.7. The van der Waals surface area contributed by atoms with Crippen LogP contribution in [0.2, 0.25) is 0 Å². The van der Waals surface area contributed by atoms with Crippen LogP contribution in [-0.2, 0) is 11.3 Å². The van der Waals surface area contributed by atoms with E-state index in [1.54, 1.807) is 6.20 Å². The van der Waals surface area contributed by atoms with Gasteiger partial charge in [-0.1, -0.05) is 6.07 Å². The van der Waals surface area contributed by atoms with Gasteiger partial charge in [-0.05, 0) is 35.9 Å². The van der Waals surface area contributed by atoms with Crippen LogP contribution in [0, 0.1) is 0 Å². The first-order chi connectivity index (χ1) is 11.1. The molecule has 2 aromatic heterocycles. The van der Waals surface area contributed by atoms with E-state index in [1.807, 2.05) is 33.9 Å². The highest BCUT2D eigenvalue weighted by atomic mass is 32.1. The number of pyridine rings is 1. The normalized spacial score (nSPS) is 17.3. The molecule has 0 saturated carbocycles. The Labute approximate surface area is 139 Å². The number of carbonyl (C=O) groups is 2. The van der Waals surface area contributed by atoms with Gasteiger partial charge in [0.25, 0.3) is 5.91 Å². The molecule has 1 N–H and O–H groups in total. The minimum atomic E-state index is -0.0580. The lowest BCUT2D eigenvalue weighted by atomic mass is 10.1. The maximum absolute atomic E-state index is 12.6. The maximum atomic E-state index is 12.6. The number of amides is 2. The Kier molecular flexibility index (Phi) is 4.71. The highest BCUT2D eigenvalue weighted by molar-refractivity contribution is 7.08. The fraction of sp³-hybridized carbons (Fsp3) is 0.353. The smallest absolute Gasteiger partial charge is 0.255 e. The molecule has 120 valence electrons. The van der Waals surface area contributed by atoms with Crippen LogP contribution >= 0.6 is 11.3 Å². The minimum absolute atomic E-state index is 0.0391. The molecule has 3 heterocycles. The lowest BCUT2D eigenvalue weighted by Crippen LogP contribution is -2.30. The van der Waals surface area contributed by atoms with Crippen molar-refractivity contribution in [3.8, 4) is 0 Å². The predicted octanol–water partition coefficient (Wildman–Crippen LogP) is 2.76. The monoisotopic (exact) mass is 329 g/mol. The van der Waals surface area contributed by atoms with E-state index in [9.17, 15) is 9.59 Å². The zero-order chi connectivity index (χ0) is 16.2. The Morgan fingerprint density at radius 2 is 2.26 bits per heavy atom. The number of aromatic nitrogens is 1. The van der Waals surface area contributed by atoms with Gasteiger partial charge in [-0.2, -0.15) is 11.3 Å². The number of likely N-dealkylation sites (tertiary alicyclic amines) is 1. The van der Waals surface area contributed by atoms with Crippen molar-refractivity contribution < 1.29 is 9.59 Å². The Hall–Kier alpha value is -2.21. The van der Waals surface area contributed by atoms with Crippen LogP contribution in [0.4, 0.5) is 0 Å². The second-order valence-corrected chi connectivity index (χ2v) is 6.45. The summed E-state index contributed by atoms with van der Waals surface area (Å²) < 4.78 is 0. The number of thiophene rings is 1. The van der Waals surface area contributed by atoms with Crippen LogP contribution < -0.4 is 5.32 Å². The second kappa shape index (κ2) is 6.91. The summed E-state index contributed by atoms with van der Waals surface area (Å²) in [5.74, 6) is 0.0234. The van der Waals surface area contributed by atoms with Gasteiger partial charge in [0, 0.05) is 31.6 Å². The van der Waals surface area contributed by atoms with Crippen molar-refractivity contribution in [2.75, 3.05) is 6.54 Å². The van der Waals surface area contributed by atoms with Crippen molar-refractivity contribution >= 4 is 23.2 Å². The van der Waals surface area contributed by atoms with Crippen LogP contribution in [-0.4, -0.2) is 28.2 Å². The molecule has 1 aliphatic heterocycles. The van der Waals surface area contributed by atoms with Gasteiger partial charge >= 0.3 is 0 Å². The summed E-state index contributed by atoms with van der Waals surface area (Å²) in [6.07, 6.45) is 3.71. The second-order valence-electron chi connectivity index (χ2n) is 5.67. The summed E-state index contributed by atoms with van der Waals surface area (Å²) in [6, 6.07) is 5.83. The lowest BCUT2D eigenvalue weighted by molar-refractivity contribution is -0.119. The molecule has 0 bridgehead atoms. The summed E-state index contributed by atoms with van der Waals surface area (Å²) in [7, 11) is 0. The molecule has 23 heavy (non-hydrogen) atoms. The number of rotatable bonds is 4. The molecule has 0 spiro atoms.